The van der Waals surface area contributed by atoms with Crippen LogP contribution in [-0.2, 0) is 9.59 Å². The molecule has 0 saturated carbocycles. The summed E-state index contributed by atoms with van der Waals surface area (Å²) in [6.45, 7) is 3.64. The Morgan fingerprint density at radius 2 is 1.79 bits per heavy atom. The van der Waals surface area contributed by atoms with Gasteiger partial charge in [-0.2, -0.15) is 0 Å². The highest BCUT2D eigenvalue weighted by Crippen LogP contribution is 2.45. The number of nitrogens with zero attached hydrogens (tertiary/aromatic N) is 2. The standard InChI is InChI=1S/C21H20FN3O3/c1-13(2)24-19(27)16-5-3-4-6-17(16)25-18(26)11-12-21(24,25)20(28)23-15-9-7-14(22)8-10-15/h3-10,13H,11-12H2,1-2H3,(H,23,28). The molecule has 1 saturated heterocycles. The van der Waals surface area contributed by atoms with Crippen LogP contribution in [0.5, 0.6) is 0 Å². The van der Waals surface area contributed by atoms with E-state index < -0.39 is 17.4 Å². The van der Waals surface area contributed by atoms with Gasteiger partial charge in [0.15, 0.2) is 0 Å². The van der Waals surface area contributed by atoms with Crippen LogP contribution in [-0.4, -0.2) is 34.3 Å². The molecule has 28 heavy (non-hydrogen) atoms. The van der Waals surface area contributed by atoms with Gasteiger partial charge in [-0.05, 0) is 50.2 Å². The maximum Gasteiger partial charge on any atom is 0.271 e. The molecule has 2 aliphatic rings. The number of carbonyl (C=O) groups excluding carboxylic acids is 3. The molecule has 0 spiro atoms. The van der Waals surface area contributed by atoms with Crippen molar-refractivity contribution in [1.29, 1.82) is 0 Å². The first-order valence-electron chi connectivity index (χ1n) is 9.19. The fourth-order valence-corrected chi connectivity index (χ4v) is 4.17. The molecular formula is C21H20FN3O3. The van der Waals surface area contributed by atoms with Crippen molar-refractivity contribution in [1.82, 2.24) is 4.90 Å². The zero-order chi connectivity index (χ0) is 20.1. The normalized spacial score (nSPS) is 21.0. The van der Waals surface area contributed by atoms with E-state index in [1.807, 2.05) is 13.8 Å². The Hall–Kier alpha value is -3.22. The third kappa shape index (κ3) is 2.50. The zero-order valence-electron chi connectivity index (χ0n) is 15.6. The van der Waals surface area contributed by atoms with E-state index in [1.54, 1.807) is 24.3 Å². The SMILES string of the molecule is CC(C)N1C(=O)c2ccccc2N2C(=O)CCC21C(=O)Nc1ccc(F)cc1. The van der Waals surface area contributed by atoms with Crippen molar-refractivity contribution >= 4 is 29.1 Å². The summed E-state index contributed by atoms with van der Waals surface area (Å²) in [5.74, 6) is -1.40. The lowest BCUT2D eigenvalue weighted by Gasteiger charge is -2.50. The minimum atomic E-state index is -1.45. The number of rotatable bonds is 3. The van der Waals surface area contributed by atoms with Gasteiger partial charge in [0.05, 0.1) is 11.3 Å². The van der Waals surface area contributed by atoms with Crippen LogP contribution in [0.4, 0.5) is 15.8 Å². The van der Waals surface area contributed by atoms with Crippen LogP contribution in [0.1, 0.15) is 37.0 Å². The van der Waals surface area contributed by atoms with Crippen LogP contribution in [0.25, 0.3) is 0 Å². The Bertz CT molecular complexity index is 973. The van der Waals surface area contributed by atoms with E-state index in [4.69, 9.17) is 0 Å². The van der Waals surface area contributed by atoms with Crippen LogP contribution in [0, 0.1) is 5.82 Å². The van der Waals surface area contributed by atoms with Gasteiger partial charge in [-0.3, -0.25) is 19.3 Å². The summed E-state index contributed by atoms with van der Waals surface area (Å²) >= 11 is 0. The van der Waals surface area contributed by atoms with Crippen molar-refractivity contribution < 1.29 is 18.8 Å². The van der Waals surface area contributed by atoms with Gasteiger partial charge in [-0.15, -0.1) is 0 Å². The molecule has 2 heterocycles. The van der Waals surface area contributed by atoms with E-state index in [1.165, 1.54) is 34.1 Å². The molecule has 144 valence electrons. The number of anilines is 2. The minimum Gasteiger partial charge on any atom is -0.322 e. The largest absolute Gasteiger partial charge is 0.322 e. The van der Waals surface area contributed by atoms with Gasteiger partial charge in [0.1, 0.15) is 5.82 Å². The molecule has 0 bridgehead atoms. The Balaban J connectivity index is 1.85. The molecule has 0 aromatic heterocycles. The Morgan fingerprint density at radius 1 is 1.11 bits per heavy atom. The van der Waals surface area contributed by atoms with Crippen molar-refractivity contribution in [3.8, 4) is 0 Å². The number of carbonyl (C=O) groups is 3. The van der Waals surface area contributed by atoms with Crippen LogP contribution in [0.2, 0.25) is 0 Å². The Kier molecular flexibility index (Phi) is 4.18. The Labute approximate surface area is 161 Å². The van der Waals surface area contributed by atoms with Crippen LogP contribution >= 0.6 is 0 Å². The number of benzene rings is 2. The van der Waals surface area contributed by atoms with Gasteiger partial charge >= 0.3 is 0 Å². The van der Waals surface area contributed by atoms with E-state index in [9.17, 15) is 18.8 Å². The molecule has 4 rings (SSSR count). The van der Waals surface area contributed by atoms with E-state index >= 15 is 0 Å². The third-order valence-corrected chi connectivity index (χ3v) is 5.28. The molecule has 0 radical (unpaired) electrons. The Morgan fingerprint density at radius 3 is 2.46 bits per heavy atom. The van der Waals surface area contributed by atoms with Gasteiger partial charge in [0.2, 0.25) is 11.6 Å². The lowest BCUT2D eigenvalue weighted by Crippen LogP contribution is -2.70. The first kappa shape index (κ1) is 18.2. The molecule has 6 nitrogen and oxygen atoms in total. The van der Waals surface area contributed by atoms with E-state index in [0.29, 0.717) is 16.9 Å². The molecule has 1 unspecified atom stereocenters. The monoisotopic (exact) mass is 381 g/mol. The molecule has 2 aromatic carbocycles. The average Bonchev–Trinajstić information content (AvgIpc) is 3.02. The number of halogens is 1. The molecule has 0 aliphatic carbocycles. The van der Waals surface area contributed by atoms with Crippen LogP contribution in [0.3, 0.4) is 0 Å². The maximum absolute atomic E-state index is 13.5. The second-order valence-electron chi connectivity index (χ2n) is 7.29. The second-order valence-corrected chi connectivity index (χ2v) is 7.29. The topological polar surface area (TPSA) is 69.7 Å². The smallest absolute Gasteiger partial charge is 0.271 e. The molecule has 2 aliphatic heterocycles. The molecule has 3 amide bonds. The number of para-hydroxylation sites is 1. The number of hydrogen-bond donors (Lipinski definition) is 1. The molecule has 7 heteroatoms. The fraction of sp³-hybridized carbons (Fsp3) is 0.286. The lowest BCUT2D eigenvalue weighted by molar-refractivity contribution is -0.129. The summed E-state index contributed by atoms with van der Waals surface area (Å²) in [4.78, 5) is 42.5. The van der Waals surface area contributed by atoms with E-state index in [0.717, 1.165) is 0 Å². The van der Waals surface area contributed by atoms with Crippen LogP contribution in [0.15, 0.2) is 48.5 Å². The van der Waals surface area contributed by atoms with E-state index in [-0.39, 0.29) is 30.7 Å². The maximum atomic E-state index is 13.5. The summed E-state index contributed by atoms with van der Waals surface area (Å²) < 4.78 is 13.2. The second kappa shape index (κ2) is 6.44. The summed E-state index contributed by atoms with van der Waals surface area (Å²) in [6.07, 6.45) is 0.346. The first-order valence-corrected chi connectivity index (χ1v) is 9.19. The van der Waals surface area contributed by atoms with Crippen LogP contribution < -0.4 is 10.2 Å². The van der Waals surface area contributed by atoms with Gasteiger partial charge in [-0.1, -0.05) is 12.1 Å². The highest BCUT2D eigenvalue weighted by molar-refractivity contribution is 6.18. The van der Waals surface area contributed by atoms with Gasteiger partial charge < -0.3 is 10.2 Å². The summed E-state index contributed by atoms with van der Waals surface area (Å²) in [5, 5.41) is 2.76. The van der Waals surface area contributed by atoms with Crippen molar-refractivity contribution in [3.05, 3.63) is 59.9 Å². The van der Waals surface area contributed by atoms with Crippen molar-refractivity contribution in [3.63, 3.8) is 0 Å². The number of nitrogens with one attached hydrogen (secondary N) is 1. The molecule has 1 atom stereocenters. The fourth-order valence-electron chi connectivity index (χ4n) is 4.17. The summed E-state index contributed by atoms with van der Waals surface area (Å²) in [7, 11) is 0. The predicted octanol–water partition coefficient (Wildman–Crippen LogP) is 3.15. The third-order valence-electron chi connectivity index (χ3n) is 5.28. The first-order chi connectivity index (χ1) is 13.4. The van der Waals surface area contributed by atoms with Gasteiger partial charge in [-0.25, -0.2) is 4.39 Å². The highest BCUT2D eigenvalue weighted by Gasteiger charge is 2.61. The zero-order valence-corrected chi connectivity index (χ0v) is 15.6. The lowest BCUT2D eigenvalue weighted by atomic mass is 9.94. The number of amides is 3. The highest BCUT2D eigenvalue weighted by atomic mass is 19.1. The minimum absolute atomic E-state index is 0.154. The molecule has 1 fully saturated rings. The number of fused-ring (bicyclic) bond motifs is 3. The van der Waals surface area contributed by atoms with Crippen molar-refractivity contribution in [2.75, 3.05) is 10.2 Å². The molecular weight excluding hydrogens is 361 g/mol. The average molecular weight is 381 g/mol. The van der Waals surface area contributed by atoms with Crippen molar-refractivity contribution in [2.24, 2.45) is 0 Å². The quantitative estimate of drug-likeness (QED) is 0.888. The summed E-state index contributed by atoms with van der Waals surface area (Å²) in [6, 6.07) is 11.9. The van der Waals surface area contributed by atoms with Gasteiger partial charge in [0.25, 0.3) is 11.8 Å². The van der Waals surface area contributed by atoms with Gasteiger partial charge in [0, 0.05) is 24.6 Å². The van der Waals surface area contributed by atoms with Crippen molar-refractivity contribution in [2.45, 2.75) is 38.4 Å². The predicted molar refractivity (Wildman–Crippen MR) is 102 cm³/mol. The number of hydrogen-bond acceptors (Lipinski definition) is 3. The molecule has 1 N–H and O–H groups in total. The van der Waals surface area contributed by atoms with E-state index in [2.05, 4.69) is 5.32 Å². The summed E-state index contributed by atoms with van der Waals surface area (Å²) in [5.41, 5.74) is -0.210. The molecule has 2 aromatic rings.